The van der Waals surface area contributed by atoms with Crippen LogP contribution < -0.4 is 15.0 Å². The Labute approximate surface area is 139 Å². The van der Waals surface area contributed by atoms with Crippen LogP contribution in [-0.2, 0) is 0 Å². The number of nitriles is 1. The third kappa shape index (κ3) is 3.49. The molecule has 0 amide bonds. The number of hydrogen-bond donors (Lipinski definition) is 1. The number of H-pyrrole nitrogens is 1. The molecule has 1 aromatic heterocycles. The Morgan fingerprint density at radius 2 is 2.09 bits per heavy atom. The average molecular weight is 333 g/mol. The predicted octanol–water partition coefficient (Wildman–Crippen LogP) is 3.67. The molecular formula is C17H17ClN2O3. The minimum Gasteiger partial charge on any atom is -0.493 e. The number of nitrogens with one attached hydrogen (secondary N) is 1. The number of methoxy groups -OCH3 is 1. The number of rotatable bonds is 5. The number of benzene rings is 1. The molecular weight excluding hydrogens is 316 g/mol. The van der Waals surface area contributed by atoms with Crippen molar-refractivity contribution in [3.05, 3.63) is 44.8 Å². The van der Waals surface area contributed by atoms with Crippen LogP contribution in [0.15, 0.2) is 23.0 Å². The molecule has 5 nitrogen and oxygen atoms in total. The van der Waals surface area contributed by atoms with Gasteiger partial charge in [0.1, 0.15) is 11.6 Å². The zero-order valence-electron chi connectivity index (χ0n) is 13.2. The van der Waals surface area contributed by atoms with E-state index in [9.17, 15) is 10.1 Å². The highest BCUT2D eigenvalue weighted by Crippen LogP contribution is 2.40. The van der Waals surface area contributed by atoms with Crippen LogP contribution >= 0.6 is 11.6 Å². The Balaban J connectivity index is 2.65. The minimum atomic E-state index is -0.427. The van der Waals surface area contributed by atoms with E-state index in [2.05, 4.69) is 4.98 Å². The molecule has 0 aliphatic carbocycles. The van der Waals surface area contributed by atoms with Crippen LogP contribution in [0, 0.1) is 18.3 Å². The lowest BCUT2D eigenvalue weighted by atomic mass is 10.0. The van der Waals surface area contributed by atoms with Gasteiger partial charge in [-0.2, -0.15) is 5.26 Å². The maximum Gasteiger partial charge on any atom is 0.266 e. The highest BCUT2D eigenvalue weighted by Gasteiger charge is 2.16. The summed E-state index contributed by atoms with van der Waals surface area (Å²) in [5, 5.41) is 9.63. The second-order valence-electron chi connectivity index (χ2n) is 5.02. The zero-order valence-corrected chi connectivity index (χ0v) is 14.0. The first kappa shape index (κ1) is 16.9. The number of aromatic amines is 1. The normalized spacial score (nSPS) is 10.2. The van der Waals surface area contributed by atoms with E-state index in [1.165, 1.54) is 7.11 Å². The molecule has 1 aromatic carbocycles. The van der Waals surface area contributed by atoms with Crippen molar-refractivity contribution in [2.75, 3.05) is 13.7 Å². The second kappa shape index (κ2) is 7.21. The summed E-state index contributed by atoms with van der Waals surface area (Å²) >= 11 is 6.30. The highest BCUT2D eigenvalue weighted by atomic mass is 35.5. The van der Waals surface area contributed by atoms with E-state index in [0.717, 1.165) is 6.42 Å². The number of ether oxygens (including phenoxy) is 2. The van der Waals surface area contributed by atoms with Crippen LogP contribution in [0.25, 0.3) is 11.1 Å². The van der Waals surface area contributed by atoms with Gasteiger partial charge in [-0.1, -0.05) is 18.5 Å². The molecule has 0 aliphatic rings. The van der Waals surface area contributed by atoms with E-state index in [4.69, 9.17) is 21.1 Å². The topological polar surface area (TPSA) is 75.1 Å². The molecule has 2 rings (SSSR count). The molecule has 0 fully saturated rings. The fourth-order valence-corrected chi connectivity index (χ4v) is 2.51. The Bertz CT molecular complexity index is 822. The van der Waals surface area contributed by atoms with Gasteiger partial charge in [0.25, 0.3) is 5.56 Å². The first-order valence-corrected chi connectivity index (χ1v) is 7.54. The van der Waals surface area contributed by atoms with Crippen molar-refractivity contribution >= 4 is 11.6 Å². The lowest BCUT2D eigenvalue weighted by Gasteiger charge is -2.14. The number of nitrogens with zero attached hydrogens (tertiary/aromatic N) is 1. The number of pyridine rings is 1. The fraction of sp³-hybridized carbons (Fsp3) is 0.294. The number of halogens is 1. The van der Waals surface area contributed by atoms with Crippen molar-refractivity contribution in [1.82, 2.24) is 4.98 Å². The maximum atomic E-state index is 11.9. The number of aromatic nitrogens is 1. The molecule has 0 saturated carbocycles. The maximum absolute atomic E-state index is 11.9. The lowest BCUT2D eigenvalue weighted by Crippen LogP contribution is -2.12. The quantitative estimate of drug-likeness (QED) is 0.906. The lowest BCUT2D eigenvalue weighted by molar-refractivity contribution is 0.294. The molecule has 2 aromatic rings. The van der Waals surface area contributed by atoms with E-state index in [0.29, 0.717) is 39.9 Å². The van der Waals surface area contributed by atoms with E-state index < -0.39 is 5.56 Å². The summed E-state index contributed by atoms with van der Waals surface area (Å²) in [7, 11) is 1.52. The van der Waals surface area contributed by atoms with Gasteiger partial charge in [-0.25, -0.2) is 0 Å². The standard InChI is InChI=1S/C17H17ClN2O3/c1-4-5-23-16-14(18)7-11(8-15(16)22-3)12-6-10(2)20-17(21)13(12)9-19/h6-8H,4-5H2,1-3H3,(H,20,21). The van der Waals surface area contributed by atoms with E-state index in [-0.39, 0.29) is 5.56 Å². The first-order valence-electron chi connectivity index (χ1n) is 7.16. The molecule has 0 saturated heterocycles. The average Bonchev–Trinajstić information content (AvgIpc) is 2.52. The Morgan fingerprint density at radius 3 is 2.70 bits per heavy atom. The van der Waals surface area contributed by atoms with Gasteiger partial charge in [-0.05, 0) is 37.1 Å². The van der Waals surface area contributed by atoms with Crippen LogP contribution in [0.3, 0.4) is 0 Å². The third-order valence-corrected chi connectivity index (χ3v) is 3.55. The van der Waals surface area contributed by atoms with Gasteiger partial charge >= 0.3 is 0 Å². The summed E-state index contributed by atoms with van der Waals surface area (Å²) in [6.07, 6.45) is 0.840. The third-order valence-electron chi connectivity index (χ3n) is 3.27. The van der Waals surface area contributed by atoms with Gasteiger partial charge in [0.2, 0.25) is 0 Å². The Hall–Kier alpha value is -2.45. The molecule has 0 aliphatic heterocycles. The zero-order chi connectivity index (χ0) is 17.0. The van der Waals surface area contributed by atoms with Gasteiger partial charge in [-0.3, -0.25) is 4.79 Å². The largest absolute Gasteiger partial charge is 0.493 e. The van der Waals surface area contributed by atoms with Gasteiger partial charge in [0.15, 0.2) is 11.5 Å². The smallest absolute Gasteiger partial charge is 0.266 e. The molecule has 0 radical (unpaired) electrons. The molecule has 0 unspecified atom stereocenters. The van der Waals surface area contributed by atoms with Crippen molar-refractivity contribution in [1.29, 1.82) is 5.26 Å². The van der Waals surface area contributed by atoms with Gasteiger partial charge < -0.3 is 14.5 Å². The monoisotopic (exact) mass is 332 g/mol. The van der Waals surface area contributed by atoms with E-state index in [1.807, 2.05) is 13.0 Å². The van der Waals surface area contributed by atoms with Crippen LogP contribution in [0.5, 0.6) is 11.5 Å². The van der Waals surface area contributed by atoms with Crippen molar-refractivity contribution < 1.29 is 9.47 Å². The number of aryl methyl sites for hydroxylation is 1. The van der Waals surface area contributed by atoms with Gasteiger partial charge in [0.05, 0.1) is 18.7 Å². The fourth-order valence-electron chi connectivity index (χ4n) is 2.25. The van der Waals surface area contributed by atoms with Crippen LogP contribution in [0.2, 0.25) is 5.02 Å². The Morgan fingerprint density at radius 1 is 1.35 bits per heavy atom. The van der Waals surface area contributed by atoms with Crippen LogP contribution in [0.4, 0.5) is 0 Å². The molecule has 1 heterocycles. The van der Waals surface area contributed by atoms with Gasteiger partial charge in [-0.15, -0.1) is 0 Å². The first-order chi connectivity index (χ1) is 11.0. The summed E-state index contributed by atoms with van der Waals surface area (Å²) in [4.78, 5) is 14.6. The van der Waals surface area contributed by atoms with Crippen LogP contribution in [0.1, 0.15) is 24.6 Å². The predicted molar refractivity (Wildman–Crippen MR) is 89.3 cm³/mol. The molecule has 1 N–H and O–H groups in total. The summed E-state index contributed by atoms with van der Waals surface area (Å²) in [5.41, 5.74) is 1.41. The van der Waals surface area contributed by atoms with Crippen molar-refractivity contribution in [2.45, 2.75) is 20.3 Å². The Kier molecular flexibility index (Phi) is 5.30. The molecule has 0 spiro atoms. The molecule has 120 valence electrons. The van der Waals surface area contributed by atoms with E-state index >= 15 is 0 Å². The second-order valence-corrected chi connectivity index (χ2v) is 5.43. The summed E-state index contributed by atoms with van der Waals surface area (Å²) in [6.45, 7) is 4.26. The van der Waals surface area contributed by atoms with Crippen molar-refractivity contribution in [3.63, 3.8) is 0 Å². The summed E-state index contributed by atoms with van der Waals surface area (Å²) < 4.78 is 11.0. The highest BCUT2D eigenvalue weighted by molar-refractivity contribution is 6.32. The van der Waals surface area contributed by atoms with Crippen molar-refractivity contribution in [3.8, 4) is 28.7 Å². The van der Waals surface area contributed by atoms with Crippen LogP contribution in [-0.4, -0.2) is 18.7 Å². The van der Waals surface area contributed by atoms with Crippen molar-refractivity contribution in [2.24, 2.45) is 0 Å². The molecule has 23 heavy (non-hydrogen) atoms. The molecule has 0 bridgehead atoms. The van der Waals surface area contributed by atoms with E-state index in [1.54, 1.807) is 25.1 Å². The summed E-state index contributed by atoms with van der Waals surface area (Å²) in [5.74, 6) is 0.919. The molecule has 6 heteroatoms. The SMILES string of the molecule is CCCOc1c(Cl)cc(-c2cc(C)[nH]c(=O)c2C#N)cc1OC. The van der Waals surface area contributed by atoms with Gasteiger partial charge in [0, 0.05) is 11.3 Å². The number of hydrogen-bond acceptors (Lipinski definition) is 4. The molecule has 0 atom stereocenters. The summed E-state index contributed by atoms with van der Waals surface area (Å²) in [6, 6.07) is 7.06. The minimum absolute atomic E-state index is 0.0379.